The smallest absolute Gasteiger partial charge is 0.325 e. The van der Waals surface area contributed by atoms with Gasteiger partial charge in [-0.1, -0.05) is 57.2 Å². The fourth-order valence-electron chi connectivity index (χ4n) is 4.43. The zero-order valence-corrected chi connectivity index (χ0v) is 26.8. The second-order valence-electron chi connectivity index (χ2n) is 12.0. The Kier molecular flexibility index (Phi) is 9.51. The van der Waals surface area contributed by atoms with Gasteiger partial charge in [0.15, 0.2) is 5.82 Å². The van der Waals surface area contributed by atoms with Crippen molar-refractivity contribution in [2.24, 2.45) is 0 Å². The number of rotatable bonds is 11. The highest BCUT2D eigenvalue weighted by Gasteiger charge is 2.27. The van der Waals surface area contributed by atoms with E-state index in [9.17, 15) is 19.5 Å². The third-order valence-electron chi connectivity index (χ3n) is 7.24. The van der Waals surface area contributed by atoms with Gasteiger partial charge in [-0.3, -0.25) is 14.4 Å². The first-order valence-electron chi connectivity index (χ1n) is 14.6. The van der Waals surface area contributed by atoms with Gasteiger partial charge in [-0.25, -0.2) is 9.97 Å². The molecule has 0 unspecified atom stereocenters. The van der Waals surface area contributed by atoms with Crippen LogP contribution in [0.3, 0.4) is 0 Å². The number of nitrogens with zero attached hydrogens (tertiary/aromatic N) is 2. The molecule has 44 heavy (non-hydrogen) atoms. The number of hydrogen-bond donors (Lipinski definition) is 3. The third-order valence-corrected chi connectivity index (χ3v) is 10.1. The van der Waals surface area contributed by atoms with Crippen molar-refractivity contribution in [3.8, 4) is 22.5 Å². The van der Waals surface area contributed by atoms with Gasteiger partial charge in [-0.15, -0.1) is 23.1 Å². The lowest BCUT2D eigenvalue weighted by molar-refractivity contribution is -0.141. The molecule has 5 rings (SSSR count). The molecule has 4 aromatic rings. The number of aliphatic carboxylic acids is 1. The Morgan fingerprint density at radius 3 is 2.11 bits per heavy atom. The number of nitrogens with one attached hydrogen (secondary N) is 2. The molecule has 8 nitrogen and oxygen atoms in total. The van der Waals surface area contributed by atoms with Gasteiger partial charge >= 0.3 is 5.97 Å². The van der Waals surface area contributed by atoms with E-state index in [2.05, 4.69) is 65.6 Å². The number of hydrogen-bond acceptors (Lipinski definition) is 7. The summed E-state index contributed by atoms with van der Waals surface area (Å²) in [4.78, 5) is 49.6. The monoisotopic (exact) mass is 628 g/mol. The molecule has 1 fully saturated rings. The van der Waals surface area contributed by atoms with E-state index in [1.54, 1.807) is 6.07 Å². The SMILES string of the molecule is C[C@@H](NC(=O)[C@H](Cc1ccc(-c2ncc(-c3ccc(SC4CC4)cc3)cn2)cc1)NC(=O)c1ccc(C(C)(C)C)s1)C(=O)O. The molecule has 0 radical (unpaired) electrons. The summed E-state index contributed by atoms with van der Waals surface area (Å²) in [6.45, 7) is 7.60. The normalized spacial score (nSPS) is 14.5. The number of amides is 2. The van der Waals surface area contributed by atoms with Crippen LogP contribution in [0.15, 0.2) is 78.0 Å². The lowest BCUT2D eigenvalue weighted by atomic mass is 9.95. The average molecular weight is 629 g/mol. The standard InChI is InChI=1S/C34H36N4O4S2/c1-20(33(41)42)37-31(39)27(38-32(40)28-15-16-29(44-28)34(2,3)4)17-21-5-7-23(8-6-21)30-35-18-24(19-36-30)22-9-11-25(12-10-22)43-26-13-14-26/h5-12,15-16,18-20,26-27H,13-14,17H2,1-4H3,(H,37,39)(H,38,40)(H,41,42)/t20-,27+/m1/s1. The van der Waals surface area contributed by atoms with Crippen LogP contribution in [0, 0.1) is 0 Å². The van der Waals surface area contributed by atoms with Crippen molar-refractivity contribution in [3.63, 3.8) is 0 Å². The highest BCUT2D eigenvalue weighted by atomic mass is 32.2. The van der Waals surface area contributed by atoms with E-state index in [0.29, 0.717) is 10.7 Å². The Morgan fingerprint density at radius 1 is 0.909 bits per heavy atom. The molecular weight excluding hydrogens is 593 g/mol. The van der Waals surface area contributed by atoms with Crippen molar-refractivity contribution >= 4 is 40.9 Å². The van der Waals surface area contributed by atoms with Crippen LogP contribution in [0.1, 0.15) is 60.6 Å². The van der Waals surface area contributed by atoms with Gasteiger partial charge < -0.3 is 15.7 Å². The molecule has 3 N–H and O–H groups in total. The Labute approximate surface area is 265 Å². The lowest BCUT2D eigenvalue weighted by Crippen LogP contribution is -2.51. The molecule has 0 bridgehead atoms. The number of carboxylic acids is 1. The number of benzene rings is 2. The van der Waals surface area contributed by atoms with E-state index >= 15 is 0 Å². The summed E-state index contributed by atoms with van der Waals surface area (Å²) in [5.41, 5.74) is 3.50. The van der Waals surface area contributed by atoms with Crippen LogP contribution in [-0.2, 0) is 21.4 Å². The minimum atomic E-state index is -1.16. The second kappa shape index (κ2) is 13.3. The number of thioether (sulfide) groups is 1. The highest BCUT2D eigenvalue weighted by Crippen LogP contribution is 2.39. The molecule has 0 spiro atoms. The van der Waals surface area contributed by atoms with E-state index < -0.39 is 24.0 Å². The Balaban J connectivity index is 1.27. The van der Waals surface area contributed by atoms with Crippen LogP contribution >= 0.6 is 23.1 Å². The molecule has 1 saturated carbocycles. The first kappa shape index (κ1) is 31.4. The highest BCUT2D eigenvalue weighted by molar-refractivity contribution is 8.00. The molecule has 2 atom stereocenters. The van der Waals surface area contributed by atoms with Crippen LogP contribution in [0.25, 0.3) is 22.5 Å². The van der Waals surface area contributed by atoms with Gasteiger partial charge in [-0.2, -0.15) is 0 Å². The third kappa shape index (κ3) is 8.12. The van der Waals surface area contributed by atoms with Crippen molar-refractivity contribution in [2.75, 3.05) is 0 Å². The lowest BCUT2D eigenvalue weighted by Gasteiger charge is -2.20. The molecule has 2 aromatic heterocycles. The molecule has 0 aliphatic heterocycles. The second-order valence-corrected chi connectivity index (χ2v) is 14.5. The van der Waals surface area contributed by atoms with Crippen molar-refractivity contribution in [2.45, 2.75) is 74.6 Å². The van der Waals surface area contributed by atoms with E-state index in [4.69, 9.17) is 0 Å². The van der Waals surface area contributed by atoms with Gasteiger partial charge in [0.2, 0.25) is 5.91 Å². The minimum absolute atomic E-state index is 0.109. The predicted octanol–water partition coefficient (Wildman–Crippen LogP) is 6.35. The predicted molar refractivity (Wildman–Crippen MR) is 175 cm³/mol. The molecule has 1 aliphatic carbocycles. The summed E-state index contributed by atoms with van der Waals surface area (Å²) in [5.74, 6) is -1.53. The number of carbonyl (C=O) groups is 3. The topological polar surface area (TPSA) is 121 Å². The molecule has 2 heterocycles. The van der Waals surface area contributed by atoms with Gasteiger partial charge in [0.05, 0.1) is 4.88 Å². The summed E-state index contributed by atoms with van der Waals surface area (Å²) in [5, 5.41) is 15.4. The Bertz CT molecular complexity index is 1620. The first-order valence-corrected chi connectivity index (χ1v) is 16.3. The van der Waals surface area contributed by atoms with Crippen molar-refractivity contribution in [3.05, 3.63) is 88.4 Å². The number of carbonyl (C=O) groups excluding carboxylic acids is 2. The maximum absolute atomic E-state index is 13.1. The molecular formula is C34H36N4O4S2. The number of aromatic nitrogens is 2. The number of carboxylic acid groups (broad SMARTS) is 1. The average Bonchev–Trinajstić information content (AvgIpc) is 3.66. The molecule has 2 amide bonds. The fourth-order valence-corrected chi connectivity index (χ4v) is 6.45. The number of thiophene rings is 1. The van der Waals surface area contributed by atoms with Crippen LogP contribution < -0.4 is 10.6 Å². The maximum atomic E-state index is 13.1. The van der Waals surface area contributed by atoms with Crippen LogP contribution in [0.4, 0.5) is 0 Å². The van der Waals surface area contributed by atoms with E-state index in [1.165, 1.54) is 36.0 Å². The fraction of sp³-hybridized carbons (Fsp3) is 0.324. The van der Waals surface area contributed by atoms with Crippen LogP contribution in [0.2, 0.25) is 0 Å². The zero-order valence-electron chi connectivity index (χ0n) is 25.2. The van der Waals surface area contributed by atoms with Gasteiger partial charge in [0, 0.05) is 45.0 Å². The van der Waals surface area contributed by atoms with Crippen LogP contribution in [-0.4, -0.2) is 50.2 Å². The maximum Gasteiger partial charge on any atom is 0.325 e. The summed E-state index contributed by atoms with van der Waals surface area (Å²) >= 11 is 3.31. The van der Waals surface area contributed by atoms with E-state index in [-0.39, 0.29) is 17.7 Å². The Hall–Kier alpha value is -4.02. The largest absolute Gasteiger partial charge is 0.480 e. The summed E-state index contributed by atoms with van der Waals surface area (Å²) in [6, 6.07) is 17.6. The van der Waals surface area contributed by atoms with Gasteiger partial charge in [-0.05, 0) is 60.6 Å². The summed E-state index contributed by atoms with van der Waals surface area (Å²) < 4.78 is 0. The molecule has 0 saturated heterocycles. The van der Waals surface area contributed by atoms with Gasteiger partial charge in [0.1, 0.15) is 12.1 Å². The summed E-state index contributed by atoms with van der Waals surface area (Å²) in [7, 11) is 0. The molecule has 1 aliphatic rings. The minimum Gasteiger partial charge on any atom is -0.480 e. The zero-order chi connectivity index (χ0) is 31.4. The quantitative estimate of drug-likeness (QED) is 0.177. The van der Waals surface area contributed by atoms with Crippen molar-refractivity contribution < 1.29 is 19.5 Å². The van der Waals surface area contributed by atoms with Crippen molar-refractivity contribution in [1.29, 1.82) is 0 Å². The summed E-state index contributed by atoms with van der Waals surface area (Å²) in [6.07, 6.45) is 6.41. The first-order chi connectivity index (χ1) is 21.0. The van der Waals surface area contributed by atoms with E-state index in [0.717, 1.165) is 32.4 Å². The molecule has 10 heteroatoms. The van der Waals surface area contributed by atoms with E-state index in [1.807, 2.05) is 54.5 Å². The molecule has 228 valence electrons. The van der Waals surface area contributed by atoms with Crippen molar-refractivity contribution in [1.82, 2.24) is 20.6 Å². The Morgan fingerprint density at radius 2 is 1.55 bits per heavy atom. The van der Waals surface area contributed by atoms with Gasteiger partial charge in [0.25, 0.3) is 5.91 Å². The molecule has 2 aromatic carbocycles. The van der Waals surface area contributed by atoms with Crippen LogP contribution in [0.5, 0.6) is 0 Å².